The van der Waals surface area contributed by atoms with E-state index in [4.69, 9.17) is 0 Å². The number of anilines is 2. The molecular formula is C29H32FN3O2. The summed E-state index contributed by atoms with van der Waals surface area (Å²) < 4.78 is 14.0. The number of amides is 2. The third kappa shape index (κ3) is 5.70. The van der Waals surface area contributed by atoms with Gasteiger partial charge in [-0.1, -0.05) is 42.8 Å². The predicted octanol–water partition coefficient (Wildman–Crippen LogP) is 6.03. The highest BCUT2D eigenvalue weighted by molar-refractivity contribution is 5.95. The summed E-state index contributed by atoms with van der Waals surface area (Å²) in [4.78, 5) is 30.0. The number of halogens is 1. The molecule has 6 heteroatoms. The number of nitrogens with zero attached hydrogens (tertiary/aromatic N) is 2. The van der Waals surface area contributed by atoms with Crippen molar-refractivity contribution < 1.29 is 14.0 Å². The molecule has 0 aromatic heterocycles. The van der Waals surface area contributed by atoms with Crippen LogP contribution in [0.4, 0.5) is 15.8 Å². The van der Waals surface area contributed by atoms with Crippen molar-refractivity contribution in [1.29, 1.82) is 0 Å². The highest BCUT2D eigenvalue weighted by Crippen LogP contribution is 2.31. The summed E-state index contributed by atoms with van der Waals surface area (Å²) in [5, 5.41) is 3.04. The van der Waals surface area contributed by atoms with E-state index in [2.05, 4.69) is 5.32 Å². The normalized spacial score (nSPS) is 14.1. The van der Waals surface area contributed by atoms with Gasteiger partial charge in [0.25, 0.3) is 5.91 Å². The number of rotatable bonds is 8. The Morgan fingerprint density at radius 1 is 1.00 bits per heavy atom. The minimum Gasteiger partial charge on any atom is -0.377 e. The first-order chi connectivity index (χ1) is 16.8. The molecule has 0 heterocycles. The number of hydrogen-bond acceptors (Lipinski definition) is 3. The van der Waals surface area contributed by atoms with Crippen LogP contribution in [0.5, 0.6) is 0 Å². The minimum absolute atomic E-state index is 0.0464. The topological polar surface area (TPSA) is 52.7 Å². The van der Waals surface area contributed by atoms with Crippen molar-refractivity contribution in [3.05, 3.63) is 95.3 Å². The molecule has 0 spiro atoms. The Morgan fingerprint density at radius 3 is 2.37 bits per heavy atom. The van der Waals surface area contributed by atoms with E-state index in [0.29, 0.717) is 17.8 Å². The van der Waals surface area contributed by atoms with E-state index in [1.807, 2.05) is 74.4 Å². The van der Waals surface area contributed by atoms with E-state index < -0.39 is 5.82 Å². The van der Waals surface area contributed by atoms with E-state index in [1.54, 1.807) is 17.0 Å². The summed E-state index contributed by atoms with van der Waals surface area (Å²) in [7, 11) is 3.90. The highest BCUT2D eigenvalue weighted by Gasteiger charge is 2.27. The Balaban J connectivity index is 1.69. The summed E-state index contributed by atoms with van der Waals surface area (Å²) in [5.74, 6) is -0.575. The molecule has 1 aliphatic carbocycles. The molecule has 0 unspecified atom stereocenters. The third-order valence-electron chi connectivity index (χ3n) is 6.73. The number of benzene rings is 3. The Labute approximate surface area is 206 Å². The van der Waals surface area contributed by atoms with Gasteiger partial charge in [0.2, 0.25) is 5.91 Å². The molecule has 1 aliphatic rings. The standard InChI is InChI=1S/C29H32FN3O2/c1-20(21-9-5-4-6-10-21)33(29(35)23-13-8-14-25(30)17-23)19-24-18-26(15-16-27(24)32(2)3)31-28(34)22-11-7-12-22/h4-6,8-10,13-18,20,22H,7,11-12,19H2,1-3H3,(H,31,34)/t20-/m0/s1. The zero-order valence-corrected chi connectivity index (χ0v) is 20.5. The first-order valence-electron chi connectivity index (χ1n) is 12.1. The van der Waals surface area contributed by atoms with Gasteiger partial charge in [-0.25, -0.2) is 4.39 Å². The van der Waals surface area contributed by atoms with Gasteiger partial charge in [-0.05, 0) is 67.3 Å². The van der Waals surface area contributed by atoms with Gasteiger partial charge < -0.3 is 15.1 Å². The first-order valence-corrected chi connectivity index (χ1v) is 12.1. The van der Waals surface area contributed by atoms with Crippen molar-refractivity contribution in [1.82, 2.24) is 4.90 Å². The summed E-state index contributed by atoms with van der Waals surface area (Å²) in [5.41, 5.74) is 3.85. The van der Waals surface area contributed by atoms with Crippen LogP contribution in [-0.4, -0.2) is 30.8 Å². The Morgan fingerprint density at radius 2 is 1.74 bits per heavy atom. The Hall–Kier alpha value is -3.67. The van der Waals surface area contributed by atoms with Crippen molar-refractivity contribution in [3.8, 4) is 0 Å². The molecule has 0 aliphatic heterocycles. The van der Waals surface area contributed by atoms with Crippen LogP contribution in [0.1, 0.15) is 53.7 Å². The van der Waals surface area contributed by atoms with E-state index in [1.165, 1.54) is 12.1 Å². The predicted molar refractivity (Wildman–Crippen MR) is 138 cm³/mol. The number of nitrogens with one attached hydrogen (secondary N) is 1. The first kappa shape index (κ1) is 24.5. The molecule has 182 valence electrons. The smallest absolute Gasteiger partial charge is 0.254 e. The van der Waals surface area contributed by atoms with E-state index in [-0.39, 0.29) is 23.8 Å². The molecule has 3 aromatic carbocycles. The molecule has 0 saturated heterocycles. The van der Waals surface area contributed by atoms with Gasteiger partial charge in [0.15, 0.2) is 0 Å². The lowest BCUT2D eigenvalue weighted by atomic mass is 9.85. The Bertz CT molecular complexity index is 1190. The van der Waals surface area contributed by atoms with Crippen molar-refractivity contribution in [3.63, 3.8) is 0 Å². The van der Waals surface area contributed by atoms with Crippen molar-refractivity contribution >= 4 is 23.2 Å². The summed E-state index contributed by atoms with van der Waals surface area (Å²) >= 11 is 0. The highest BCUT2D eigenvalue weighted by atomic mass is 19.1. The quantitative estimate of drug-likeness (QED) is 0.434. The van der Waals surface area contributed by atoms with Gasteiger partial charge in [0.05, 0.1) is 6.04 Å². The summed E-state index contributed by atoms with van der Waals surface area (Å²) in [6, 6.07) is 21.1. The monoisotopic (exact) mass is 473 g/mol. The molecule has 1 fully saturated rings. The Kier molecular flexibility index (Phi) is 7.49. The van der Waals surface area contributed by atoms with Crippen LogP contribution in [0.2, 0.25) is 0 Å². The van der Waals surface area contributed by atoms with Crippen LogP contribution in [0.25, 0.3) is 0 Å². The van der Waals surface area contributed by atoms with Gasteiger partial charge in [-0.2, -0.15) is 0 Å². The molecule has 1 N–H and O–H groups in total. The molecule has 35 heavy (non-hydrogen) atoms. The van der Waals surface area contributed by atoms with Crippen LogP contribution in [0, 0.1) is 11.7 Å². The van der Waals surface area contributed by atoms with Gasteiger partial charge in [-0.15, -0.1) is 0 Å². The van der Waals surface area contributed by atoms with E-state index in [9.17, 15) is 14.0 Å². The van der Waals surface area contributed by atoms with Crippen LogP contribution in [-0.2, 0) is 11.3 Å². The zero-order valence-electron chi connectivity index (χ0n) is 20.5. The fourth-order valence-corrected chi connectivity index (χ4v) is 4.41. The molecule has 5 nitrogen and oxygen atoms in total. The number of carbonyl (C=O) groups excluding carboxylic acids is 2. The molecule has 3 aromatic rings. The van der Waals surface area contributed by atoms with E-state index in [0.717, 1.165) is 36.1 Å². The lowest BCUT2D eigenvalue weighted by Crippen LogP contribution is -2.34. The van der Waals surface area contributed by atoms with Gasteiger partial charge in [0, 0.05) is 43.5 Å². The van der Waals surface area contributed by atoms with Gasteiger partial charge in [0.1, 0.15) is 5.82 Å². The van der Waals surface area contributed by atoms with Crippen molar-refractivity contribution in [2.45, 2.75) is 38.8 Å². The number of carbonyl (C=O) groups is 2. The second-order valence-corrected chi connectivity index (χ2v) is 9.39. The largest absolute Gasteiger partial charge is 0.377 e. The second kappa shape index (κ2) is 10.7. The molecular weight excluding hydrogens is 441 g/mol. The minimum atomic E-state index is -0.446. The van der Waals surface area contributed by atoms with Gasteiger partial charge in [-0.3, -0.25) is 9.59 Å². The molecule has 0 radical (unpaired) electrons. The average molecular weight is 474 g/mol. The maximum Gasteiger partial charge on any atom is 0.254 e. The fraction of sp³-hybridized carbons (Fsp3) is 0.310. The molecule has 0 bridgehead atoms. The SMILES string of the molecule is C[C@@H](c1ccccc1)N(Cc1cc(NC(=O)C2CCC2)ccc1N(C)C)C(=O)c1cccc(F)c1. The molecule has 4 rings (SSSR count). The van der Waals surface area contributed by atoms with Crippen LogP contribution in [0.15, 0.2) is 72.8 Å². The lowest BCUT2D eigenvalue weighted by Gasteiger charge is -2.32. The van der Waals surface area contributed by atoms with Crippen LogP contribution in [0.3, 0.4) is 0 Å². The number of hydrogen-bond donors (Lipinski definition) is 1. The van der Waals surface area contributed by atoms with Crippen molar-refractivity contribution in [2.75, 3.05) is 24.3 Å². The third-order valence-corrected chi connectivity index (χ3v) is 6.73. The van der Waals surface area contributed by atoms with Gasteiger partial charge >= 0.3 is 0 Å². The maximum atomic E-state index is 14.0. The summed E-state index contributed by atoms with van der Waals surface area (Å²) in [6.45, 7) is 2.27. The molecule has 1 saturated carbocycles. The lowest BCUT2D eigenvalue weighted by molar-refractivity contribution is -0.122. The molecule has 2 amide bonds. The zero-order chi connectivity index (χ0) is 24.9. The van der Waals surface area contributed by atoms with Crippen LogP contribution < -0.4 is 10.2 Å². The van der Waals surface area contributed by atoms with E-state index >= 15 is 0 Å². The van der Waals surface area contributed by atoms with Crippen LogP contribution >= 0.6 is 0 Å². The maximum absolute atomic E-state index is 14.0. The van der Waals surface area contributed by atoms with Crippen molar-refractivity contribution in [2.24, 2.45) is 5.92 Å². The second-order valence-electron chi connectivity index (χ2n) is 9.39. The fourth-order valence-electron chi connectivity index (χ4n) is 4.41. The average Bonchev–Trinajstić information content (AvgIpc) is 2.81. The summed E-state index contributed by atoms with van der Waals surface area (Å²) in [6.07, 6.45) is 2.95. The molecule has 1 atom stereocenters.